The Balaban J connectivity index is 2.94. The molecule has 0 saturated heterocycles. The number of carboxylic acids is 1. The third-order valence-electron chi connectivity index (χ3n) is 3.57. The fourth-order valence-corrected chi connectivity index (χ4v) is 2.25. The molecule has 2 atom stereocenters. The highest BCUT2D eigenvalue weighted by Gasteiger charge is 2.32. The maximum absolute atomic E-state index is 13.0. The van der Waals surface area contributed by atoms with E-state index in [-0.39, 0.29) is 5.69 Å². The Bertz CT molecular complexity index is 853. The number of rotatable bonds is 9. The summed E-state index contributed by atoms with van der Waals surface area (Å²) >= 11 is 0. The maximum Gasteiger partial charge on any atom is 0.416 e. The van der Waals surface area contributed by atoms with E-state index in [1.54, 1.807) is 0 Å². The van der Waals surface area contributed by atoms with Gasteiger partial charge in [0.25, 0.3) is 5.91 Å². The molecule has 0 saturated carbocycles. The first-order chi connectivity index (χ1) is 13.8. The summed E-state index contributed by atoms with van der Waals surface area (Å²) < 4.78 is 39.1. The van der Waals surface area contributed by atoms with Crippen LogP contribution in [-0.2, 0) is 15.8 Å². The van der Waals surface area contributed by atoms with Crippen molar-refractivity contribution in [3.05, 3.63) is 42.0 Å². The average molecular weight is 431 g/mol. The van der Waals surface area contributed by atoms with E-state index in [9.17, 15) is 32.7 Å². The summed E-state index contributed by atoms with van der Waals surface area (Å²) in [6, 6.07) is 0.951. The molecule has 0 aliphatic heterocycles. The van der Waals surface area contributed by atoms with Gasteiger partial charge in [0.05, 0.1) is 36.4 Å². The van der Waals surface area contributed by atoms with Gasteiger partial charge in [-0.05, 0) is 18.2 Å². The van der Waals surface area contributed by atoms with E-state index in [1.807, 2.05) is 0 Å². The Morgan fingerprint density at radius 2 is 1.87 bits per heavy atom. The van der Waals surface area contributed by atoms with Gasteiger partial charge in [0.1, 0.15) is 0 Å². The second kappa shape index (κ2) is 10.2. The molecule has 0 bridgehead atoms. The number of hydrogen-bond acceptors (Lipinski definition) is 5. The van der Waals surface area contributed by atoms with Crippen LogP contribution < -0.4 is 22.1 Å². The minimum Gasteiger partial charge on any atom is -0.481 e. The van der Waals surface area contributed by atoms with Crippen LogP contribution in [0.4, 0.5) is 18.9 Å². The lowest BCUT2D eigenvalue weighted by molar-refractivity contribution is -0.139. The fraction of sp³-hybridized carbons (Fsp3) is 0.294. The molecule has 10 nitrogen and oxygen atoms in total. The van der Waals surface area contributed by atoms with Crippen molar-refractivity contribution in [2.45, 2.75) is 24.7 Å². The van der Waals surface area contributed by atoms with Crippen molar-refractivity contribution in [1.29, 1.82) is 0 Å². The second-order valence-electron chi connectivity index (χ2n) is 5.98. The molecule has 164 valence electrons. The highest BCUT2D eigenvalue weighted by atomic mass is 19.4. The van der Waals surface area contributed by atoms with Gasteiger partial charge in [-0.1, -0.05) is 6.08 Å². The first-order valence-electron chi connectivity index (χ1n) is 8.25. The van der Waals surface area contributed by atoms with Gasteiger partial charge in [-0.3, -0.25) is 14.4 Å². The summed E-state index contributed by atoms with van der Waals surface area (Å²) in [4.78, 5) is 38.4. The van der Waals surface area contributed by atoms with Crippen LogP contribution >= 0.6 is 0 Å². The lowest BCUT2D eigenvalue weighted by atomic mass is 10.1. The monoisotopic (exact) mass is 431 g/mol. The second-order valence-corrected chi connectivity index (χ2v) is 5.98. The largest absolute Gasteiger partial charge is 0.481 e. The fourth-order valence-electron chi connectivity index (χ4n) is 2.25. The Kier molecular flexibility index (Phi) is 8.34. The molecule has 2 unspecified atom stereocenters. The Morgan fingerprint density at radius 1 is 1.23 bits per heavy atom. The number of carbonyl (C=O) groups is 3. The van der Waals surface area contributed by atoms with Crippen molar-refractivity contribution in [1.82, 2.24) is 10.6 Å². The number of aliphatic imine (C=N–C) groups is 1. The van der Waals surface area contributed by atoms with Gasteiger partial charge in [0.2, 0.25) is 5.91 Å². The molecule has 13 heteroatoms. The molecule has 0 spiro atoms. The zero-order chi connectivity index (χ0) is 23.1. The molecule has 0 heterocycles. The topological polar surface area (TPSA) is 180 Å². The molecule has 30 heavy (non-hydrogen) atoms. The third kappa shape index (κ3) is 7.79. The quantitative estimate of drug-likeness (QED) is 0.179. The van der Waals surface area contributed by atoms with Gasteiger partial charge in [-0.15, -0.1) is 6.58 Å². The Labute approximate surface area is 168 Å². The number of halogens is 3. The van der Waals surface area contributed by atoms with Gasteiger partial charge >= 0.3 is 12.1 Å². The number of nitrogens with two attached hydrogens (primary N) is 2. The number of carbonyl (C=O) groups excluding carboxylic acids is 2. The molecule has 0 aromatic heterocycles. The van der Waals surface area contributed by atoms with Crippen LogP contribution in [0.5, 0.6) is 0 Å². The lowest BCUT2D eigenvalue weighted by Gasteiger charge is -2.20. The normalized spacial score (nSPS) is 12.9. The molecule has 1 rings (SSSR count). The molecular formula is C17H20F3N5O5. The smallest absolute Gasteiger partial charge is 0.416 e. The molecule has 1 aromatic carbocycles. The van der Waals surface area contributed by atoms with Gasteiger partial charge in [0, 0.05) is 5.56 Å². The first kappa shape index (κ1) is 24.4. The van der Waals surface area contributed by atoms with Crippen molar-refractivity contribution in [3.8, 4) is 0 Å². The Hall–Kier alpha value is -3.61. The number of aliphatic carboxylic acids is 1. The van der Waals surface area contributed by atoms with Crippen molar-refractivity contribution >= 4 is 29.4 Å². The summed E-state index contributed by atoms with van der Waals surface area (Å²) in [6.07, 6.45) is -5.76. The summed E-state index contributed by atoms with van der Waals surface area (Å²) in [6.45, 7) is 2.58. The standard InChI is InChI=1S/C17H20F3N5O5/c1-2-12(26)11(6-14(28)29)25-13(27)7-23-15(30)8-3-9(17(18,19)20)5-10(4-8)24-16(21)22/h2-5,11-12,26H,1,6-7H2,(H,23,30)(H,25,27)(H,28,29)(H4,21,22,24). The van der Waals surface area contributed by atoms with Crippen molar-refractivity contribution in [3.63, 3.8) is 0 Å². The van der Waals surface area contributed by atoms with E-state index in [4.69, 9.17) is 16.6 Å². The number of carboxylic acid groups (broad SMARTS) is 1. The van der Waals surface area contributed by atoms with Crippen LogP contribution in [0.1, 0.15) is 22.3 Å². The average Bonchev–Trinajstić information content (AvgIpc) is 2.63. The minimum atomic E-state index is -4.79. The molecule has 0 fully saturated rings. The number of amides is 2. The number of aliphatic hydroxyl groups is 1. The molecular weight excluding hydrogens is 411 g/mol. The SMILES string of the molecule is C=CC(O)C(CC(=O)O)NC(=O)CNC(=O)c1cc(N=C(N)N)cc(C(F)(F)F)c1. The molecule has 0 aliphatic rings. The Morgan fingerprint density at radius 3 is 2.37 bits per heavy atom. The third-order valence-corrected chi connectivity index (χ3v) is 3.57. The number of nitrogens with zero attached hydrogens (tertiary/aromatic N) is 1. The number of benzene rings is 1. The van der Waals surface area contributed by atoms with Crippen LogP contribution in [0.2, 0.25) is 0 Å². The minimum absolute atomic E-state index is 0.324. The van der Waals surface area contributed by atoms with Crippen LogP contribution in [0, 0.1) is 0 Å². The maximum atomic E-state index is 13.0. The van der Waals surface area contributed by atoms with E-state index in [0.717, 1.165) is 12.1 Å². The van der Waals surface area contributed by atoms with Crippen molar-refractivity contribution < 1.29 is 37.8 Å². The van der Waals surface area contributed by atoms with Crippen molar-refractivity contribution in [2.75, 3.05) is 6.54 Å². The number of alkyl halides is 3. The van der Waals surface area contributed by atoms with Crippen molar-refractivity contribution in [2.24, 2.45) is 16.5 Å². The summed E-state index contributed by atoms with van der Waals surface area (Å²) in [5.41, 5.74) is 8.32. The number of guanidine groups is 1. The van der Waals surface area contributed by atoms with E-state index in [0.29, 0.717) is 12.1 Å². The van der Waals surface area contributed by atoms with Gasteiger partial charge in [-0.2, -0.15) is 13.2 Å². The van der Waals surface area contributed by atoms with E-state index >= 15 is 0 Å². The predicted molar refractivity (Wildman–Crippen MR) is 99.6 cm³/mol. The lowest BCUT2D eigenvalue weighted by Crippen LogP contribution is -2.47. The summed E-state index contributed by atoms with van der Waals surface area (Å²) in [5.74, 6) is -3.75. The van der Waals surface area contributed by atoms with E-state index < -0.39 is 66.2 Å². The predicted octanol–water partition coefficient (Wildman–Crippen LogP) is -0.153. The van der Waals surface area contributed by atoms with Crippen LogP contribution in [-0.4, -0.2) is 52.6 Å². The molecule has 1 aromatic rings. The first-order valence-corrected chi connectivity index (χ1v) is 8.25. The summed E-state index contributed by atoms with van der Waals surface area (Å²) in [5, 5.41) is 22.7. The zero-order valence-corrected chi connectivity index (χ0v) is 15.4. The van der Waals surface area contributed by atoms with Gasteiger partial charge < -0.3 is 32.3 Å². The highest BCUT2D eigenvalue weighted by Crippen LogP contribution is 2.32. The number of nitrogens with one attached hydrogen (secondary N) is 2. The van der Waals surface area contributed by atoms with Gasteiger partial charge in [0.15, 0.2) is 5.96 Å². The van der Waals surface area contributed by atoms with Crippen LogP contribution in [0.15, 0.2) is 35.8 Å². The highest BCUT2D eigenvalue weighted by molar-refractivity contribution is 5.97. The molecule has 0 aliphatic carbocycles. The number of aliphatic hydroxyl groups excluding tert-OH is 1. The van der Waals surface area contributed by atoms with Gasteiger partial charge in [-0.25, -0.2) is 4.99 Å². The zero-order valence-electron chi connectivity index (χ0n) is 15.4. The van der Waals surface area contributed by atoms with E-state index in [1.165, 1.54) is 0 Å². The molecule has 8 N–H and O–H groups in total. The van der Waals surface area contributed by atoms with E-state index in [2.05, 4.69) is 22.2 Å². The van der Waals surface area contributed by atoms with Crippen LogP contribution in [0.25, 0.3) is 0 Å². The summed E-state index contributed by atoms with van der Waals surface area (Å²) in [7, 11) is 0. The molecule has 2 amide bonds. The molecule has 0 radical (unpaired) electrons. The number of hydrogen-bond donors (Lipinski definition) is 6. The van der Waals surface area contributed by atoms with Crippen LogP contribution in [0.3, 0.4) is 0 Å².